The van der Waals surface area contributed by atoms with Crippen LogP contribution in [-0.2, 0) is 0 Å². The predicted octanol–water partition coefficient (Wildman–Crippen LogP) is 4.40. The molecule has 0 saturated heterocycles. The molecule has 0 spiro atoms. The Morgan fingerprint density at radius 1 is 1.06 bits per heavy atom. The molecule has 2 aromatic carbocycles. The molecular formula is C24H22N6O2. The summed E-state index contributed by atoms with van der Waals surface area (Å²) in [7, 11) is 0. The third kappa shape index (κ3) is 4.09. The summed E-state index contributed by atoms with van der Waals surface area (Å²) in [5.41, 5.74) is 2.04. The molecule has 160 valence electrons. The van der Waals surface area contributed by atoms with E-state index in [0.29, 0.717) is 47.5 Å². The zero-order valence-electron chi connectivity index (χ0n) is 17.8. The summed E-state index contributed by atoms with van der Waals surface area (Å²) < 4.78 is 12.9. The van der Waals surface area contributed by atoms with E-state index in [9.17, 15) is 5.26 Å². The van der Waals surface area contributed by atoms with Crippen molar-refractivity contribution in [3.63, 3.8) is 0 Å². The Hall–Kier alpha value is -4.38. The summed E-state index contributed by atoms with van der Waals surface area (Å²) in [6, 6.07) is 18.8. The van der Waals surface area contributed by atoms with Crippen molar-refractivity contribution in [1.29, 1.82) is 10.7 Å². The lowest BCUT2D eigenvalue weighted by molar-refractivity contribution is 0.341. The van der Waals surface area contributed by atoms with Crippen LogP contribution in [0.25, 0.3) is 6.08 Å². The standard InChI is InChI=1S/C24H22N6O2/c1-3-31-19-11-7-5-9-17(19)27-21-14-23(28-18-10-6-8-12-20(18)32-4-2)30-22(29-21)13-16(15-25)24(30)26/h5-14,26-27H,3-4H2,1-2H3. The van der Waals surface area contributed by atoms with Crippen molar-refractivity contribution in [3.8, 4) is 17.6 Å². The van der Waals surface area contributed by atoms with Gasteiger partial charge in [0.1, 0.15) is 40.4 Å². The van der Waals surface area contributed by atoms with Gasteiger partial charge >= 0.3 is 0 Å². The van der Waals surface area contributed by atoms with E-state index < -0.39 is 0 Å². The quantitative estimate of drug-likeness (QED) is 0.582. The summed E-state index contributed by atoms with van der Waals surface area (Å²) in [6.45, 7) is 4.87. The first-order valence-corrected chi connectivity index (χ1v) is 10.2. The van der Waals surface area contributed by atoms with Gasteiger partial charge in [0.2, 0.25) is 0 Å². The monoisotopic (exact) mass is 426 g/mol. The molecule has 0 aliphatic carbocycles. The third-order valence-electron chi connectivity index (χ3n) is 4.68. The second-order valence-corrected chi connectivity index (χ2v) is 6.78. The number of allylic oxidation sites excluding steroid dienone is 1. The molecule has 0 amide bonds. The Kier molecular flexibility index (Phi) is 5.99. The molecule has 0 unspecified atom stereocenters. The zero-order chi connectivity index (χ0) is 22.5. The number of rotatable bonds is 7. The summed E-state index contributed by atoms with van der Waals surface area (Å²) in [6.07, 6.45) is 1.58. The van der Waals surface area contributed by atoms with Crippen molar-refractivity contribution >= 4 is 29.1 Å². The van der Waals surface area contributed by atoms with Gasteiger partial charge in [-0.3, -0.25) is 9.98 Å². The lowest BCUT2D eigenvalue weighted by atomic mass is 10.3. The number of aromatic nitrogens is 2. The molecule has 0 bridgehead atoms. The summed E-state index contributed by atoms with van der Waals surface area (Å²) in [4.78, 5) is 9.35. The molecule has 32 heavy (non-hydrogen) atoms. The Balaban J connectivity index is 1.86. The smallest absolute Gasteiger partial charge is 0.150 e. The van der Waals surface area contributed by atoms with Gasteiger partial charge in [-0.15, -0.1) is 0 Å². The van der Waals surface area contributed by atoms with Gasteiger partial charge in [-0.25, -0.2) is 9.98 Å². The number of ether oxygens (including phenoxy) is 2. The van der Waals surface area contributed by atoms with Gasteiger partial charge in [-0.2, -0.15) is 5.26 Å². The van der Waals surface area contributed by atoms with Crippen LogP contribution in [-0.4, -0.2) is 28.6 Å². The van der Waals surface area contributed by atoms with Crippen LogP contribution in [0.4, 0.5) is 17.2 Å². The van der Waals surface area contributed by atoms with Gasteiger partial charge in [0.15, 0.2) is 5.84 Å². The number of nitriles is 1. The fraction of sp³-hybridized carbons (Fsp3) is 0.167. The van der Waals surface area contributed by atoms with E-state index >= 15 is 0 Å². The largest absolute Gasteiger partial charge is 0.492 e. The Labute approximate surface area is 185 Å². The Bertz CT molecular complexity index is 1320. The molecule has 0 radical (unpaired) electrons. The summed E-state index contributed by atoms with van der Waals surface area (Å²) in [5, 5.41) is 21.1. The van der Waals surface area contributed by atoms with E-state index in [1.54, 1.807) is 16.7 Å². The van der Waals surface area contributed by atoms with Crippen LogP contribution in [0.2, 0.25) is 0 Å². The van der Waals surface area contributed by atoms with Crippen LogP contribution >= 0.6 is 0 Å². The van der Waals surface area contributed by atoms with Crippen molar-refractivity contribution < 1.29 is 9.47 Å². The van der Waals surface area contributed by atoms with E-state index in [2.05, 4.69) is 10.3 Å². The number of hydrogen-bond acceptors (Lipinski definition) is 7. The van der Waals surface area contributed by atoms with E-state index in [1.165, 1.54) is 0 Å². The number of hydrogen-bond donors (Lipinski definition) is 2. The zero-order valence-corrected chi connectivity index (χ0v) is 17.8. The first-order valence-electron chi connectivity index (χ1n) is 10.2. The number of fused-ring (bicyclic) bond motifs is 1. The van der Waals surface area contributed by atoms with Gasteiger partial charge in [-0.05, 0) is 38.1 Å². The molecule has 4 rings (SSSR count). The minimum absolute atomic E-state index is 0.0314. The van der Waals surface area contributed by atoms with Gasteiger partial charge in [0, 0.05) is 12.1 Å². The minimum atomic E-state index is 0.0314. The summed E-state index contributed by atoms with van der Waals surface area (Å²) in [5.74, 6) is 2.32. The van der Waals surface area contributed by atoms with E-state index in [0.717, 1.165) is 5.69 Å². The maximum Gasteiger partial charge on any atom is 0.150 e. The van der Waals surface area contributed by atoms with Crippen molar-refractivity contribution in [3.05, 3.63) is 71.5 Å². The second-order valence-electron chi connectivity index (χ2n) is 6.78. The van der Waals surface area contributed by atoms with Crippen LogP contribution < -0.4 is 20.3 Å². The second kappa shape index (κ2) is 9.18. The van der Waals surface area contributed by atoms with Crippen molar-refractivity contribution in [2.24, 2.45) is 4.99 Å². The highest BCUT2D eigenvalue weighted by molar-refractivity contribution is 6.09. The van der Waals surface area contributed by atoms with Crippen molar-refractivity contribution in [2.45, 2.75) is 13.8 Å². The van der Waals surface area contributed by atoms with Crippen molar-refractivity contribution in [1.82, 2.24) is 9.55 Å². The SMILES string of the molecule is CCOc1ccccc1N=c1cc(Nc2ccccc2OCC)nc2n1C(=N)C(C#N)=C2. The minimum Gasteiger partial charge on any atom is -0.492 e. The fourth-order valence-corrected chi connectivity index (χ4v) is 3.33. The highest BCUT2D eigenvalue weighted by Crippen LogP contribution is 2.28. The molecule has 0 atom stereocenters. The van der Waals surface area contributed by atoms with Crippen LogP contribution in [0.1, 0.15) is 19.7 Å². The topological polar surface area (TPSA) is 108 Å². The van der Waals surface area contributed by atoms with Gasteiger partial charge in [0.05, 0.1) is 24.5 Å². The highest BCUT2D eigenvalue weighted by atomic mass is 16.5. The van der Waals surface area contributed by atoms with Crippen LogP contribution in [0.5, 0.6) is 11.5 Å². The maximum absolute atomic E-state index is 9.42. The van der Waals surface area contributed by atoms with Gasteiger partial charge in [-0.1, -0.05) is 24.3 Å². The normalized spacial score (nSPS) is 12.7. The molecule has 3 aromatic rings. The molecular weight excluding hydrogens is 404 g/mol. The molecule has 8 nitrogen and oxygen atoms in total. The number of benzene rings is 2. The van der Waals surface area contributed by atoms with E-state index in [1.807, 2.05) is 68.4 Å². The van der Waals surface area contributed by atoms with Crippen LogP contribution in [0.3, 0.4) is 0 Å². The molecule has 0 saturated carbocycles. The van der Waals surface area contributed by atoms with Gasteiger partial charge < -0.3 is 14.8 Å². The first-order chi connectivity index (χ1) is 15.6. The van der Waals surface area contributed by atoms with Crippen LogP contribution in [0, 0.1) is 16.7 Å². The number of para-hydroxylation sites is 4. The Morgan fingerprint density at radius 2 is 1.75 bits per heavy atom. The van der Waals surface area contributed by atoms with E-state index in [4.69, 9.17) is 19.9 Å². The van der Waals surface area contributed by atoms with E-state index in [-0.39, 0.29) is 11.4 Å². The molecule has 0 fully saturated rings. The average Bonchev–Trinajstić information content (AvgIpc) is 3.12. The molecule has 1 aliphatic rings. The first kappa shape index (κ1) is 20.9. The van der Waals surface area contributed by atoms with Crippen molar-refractivity contribution in [2.75, 3.05) is 18.5 Å². The summed E-state index contributed by atoms with van der Waals surface area (Å²) >= 11 is 0. The molecule has 2 heterocycles. The Morgan fingerprint density at radius 3 is 2.50 bits per heavy atom. The third-order valence-corrected chi connectivity index (χ3v) is 4.68. The predicted molar refractivity (Wildman–Crippen MR) is 123 cm³/mol. The lowest BCUT2D eigenvalue weighted by Crippen LogP contribution is -2.28. The molecule has 1 aromatic heterocycles. The number of nitrogens with one attached hydrogen (secondary N) is 2. The number of anilines is 2. The molecule has 2 N–H and O–H groups in total. The molecule has 1 aliphatic heterocycles. The van der Waals surface area contributed by atoms with Crippen LogP contribution in [0.15, 0.2) is 65.2 Å². The maximum atomic E-state index is 9.42. The fourth-order valence-electron chi connectivity index (χ4n) is 3.33. The highest BCUT2D eigenvalue weighted by Gasteiger charge is 2.21. The lowest BCUT2D eigenvalue weighted by Gasteiger charge is -2.13. The number of nitrogens with zero attached hydrogens (tertiary/aromatic N) is 4. The van der Waals surface area contributed by atoms with Gasteiger partial charge in [0.25, 0.3) is 0 Å². The average molecular weight is 426 g/mol. The molecule has 8 heteroatoms.